The summed E-state index contributed by atoms with van der Waals surface area (Å²) in [4.78, 5) is 49.8. The topological polar surface area (TPSA) is 128 Å². The second-order valence-corrected chi connectivity index (χ2v) is 10.4. The minimum Gasteiger partial charge on any atom is -0.478 e. The van der Waals surface area contributed by atoms with E-state index in [2.05, 4.69) is 29.7 Å². The molecule has 12 heteroatoms. The van der Waals surface area contributed by atoms with Gasteiger partial charge in [-0.3, -0.25) is 0 Å². The van der Waals surface area contributed by atoms with E-state index < -0.39 is 11.6 Å². The Morgan fingerprint density at radius 1 is 1.08 bits per heavy atom. The average Bonchev–Trinajstić information content (AvgIpc) is 2.82. The van der Waals surface area contributed by atoms with E-state index in [-0.39, 0.29) is 17.7 Å². The van der Waals surface area contributed by atoms with Crippen molar-refractivity contribution in [2.45, 2.75) is 45.4 Å². The van der Waals surface area contributed by atoms with Gasteiger partial charge in [-0.25, -0.2) is 29.5 Å². The summed E-state index contributed by atoms with van der Waals surface area (Å²) in [6.45, 7) is 9.33. The van der Waals surface area contributed by atoms with E-state index in [1.165, 1.54) is 12.4 Å². The van der Waals surface area contributed by atoms with Crippen molar-refractivity contribution >= 4 is 24.0 Å². The fourth-order valence-electron chi connectivity index (χ4n) is 4.40. The third-order valence-electron chi connectivity index (χ3n) is 6.06. The summed E-state index contributed by atoms with van der Waals surface area (Å²) in [7, 11) is 4.02. The van der Waals surface area contributed by atoms with Crippen molar-refractivity contribution in [2.75, 3.05) is 56.6 Å². The number of carboxylic acids is 1. The van der Waals surface area contributed by atoms with E-state index in [1.807, 2.05) is 41.1 Å². The highest BCUT2D eigenvalue weighted by Gasteiger charge is 2.32. The zero-order chi connectivity index (χ0) is 26.0. The molecule has 2 aliphatic heterocycles. The first-order valence-corrected chi connectivity index (χ1v) is 12.0. The number of rotatable bonds is 5. The summed E-state index contributed by atoms with van der Waals surface area (Å²) in [5.74, 6) is 0.139. The lowest BCUT2D eigenvalue weighted by Gasteiger charge is -2.42. The molecule has 1 atom stereocenters. The molecular weight excluding hydrogens is 464 g/mol. The lowest BCUT2D eigenvalue weighted by atomic mass is 10.1. The van der Waals surface area contributed by atoms with Gasteiger partial charge in [0.25, 0.3) is 0 Å². The van der Waals surface area contributed by atoms with Crippen molar-refractivity contribution in [3.8, 4) is 0 Å². The Kier molecular flexibility index (Phi) is 7.25. The number of aromatic carboxylic acids is 1. The van der Waals surface area contributed by atoms with Crippen LogP contribution in [0.3, 0.4) is 0 Å². The Morgan fingerprint density at radius 2 is 1.78 bits per heavy atom. The molecule has 0 saturated carbocycles. The van der Waals surface area contributed by atoms with Gasteiger partial charge in [-0.15, -0.1) is 0 Å². The molecule has 194 valence electrons. The van der Waals surface area contributed by atoms with Crippen LogP contribution in [0.15, 0.2) is 18.6 Å². The van der Waals surface area contributed by atoms with Crippen molar-refractivity contribution in [1.82, 2.24) is 29.7 Å². The van der Waals surface area contributed by atoms with Crippen LogP contribution in [-0.2, 0) is 17.7 Å². The minimum atomic E-state index is -1.05. The number of piperazine rings is 1. The first kappa shape index (κ1) is 25.5. The predicted molar refractivity (Wildman–Crippen MR) is 133 cm³/mol. The van der Waals surface area contributed by atoms with Crippen LogP contribution in [0.2, 0.25) is 0 Å². The van der Waals surface area contributed by atoms with Crippen molar-refractivity contribution in [1.29, 1.82) is 0 Å². The van der Waals surface area contributed by atoms with E-state index in [1.54, 1.807) is 4.90 Å². The lowest BCUT2D eigenvalue weighted by molar-refractivity contribution is 0.0222. The molecule has 1 unspecified atom stereocenters. The fraction of sp³-hybridized carbons (Fsp3) is 0.583. The lowest BCUT2D eigenvalue weighted by Crippen LogP contribution is -2.57. The molecule has 1 fully saturated rings. The van der Waals surface area contributed by atoms with Gasteiger partial charge in [0.05, 0.1) is 23.8 Å². The summed E-state index contributed by atoms with van der Waals surface area (Å²) in [6.07, 6.45) is 4.83. The fourth-order valence-corrected chi connectivity index (χ4v) is 4.40. The number of ether oxygens (including phenoxy) is 1. The Labute approximate surface area is 210 Å². The number of carbonyl (C=O) groups excluding carboxylic acids is 1. The number of likely N-dealkylation sites (N-methyl/N-ethyl adjacent to an activating group) is 1. The maximum Gasteiger partial charge on any atom is 0.410 e. The quantitative estimate of drug-likeness (QED) is 0.644. The predicted octanol–water partition coefficient (Wildman–Crippen LogP) is 1.51. The Hall–Kier alpha value is -3.54. The Bertz CT molecular complexity index is 1100. The van der Waals surface area contributed by atoms with Gasteiger partial charge in [-0.2, -0.15) is 0 Å². The third kappa shape index (κ3) is 5.99. The summed E-state index contributed by atoms with van der Waals surface area (Å²) >= 11 is 0. The molecule has 0 bridgehead atoms. The first-order chi connectivity index (χ1) is 17.0. The molecule has 0 radical (unpaired) electrons. The molecule has 12 nitrogen and oxygen atoms in total. The van der Waals surface area contributed by atoms with Crippen molar-refractivity contribution in [3.63, 3.8) is 0 Å². The van der Waals surface area contributed by atoms with Gasteiger partial charge in [0, 0.05) is 63.3 Å². The zero-order valence-corrected chi connectivity index (χ0v) is 21.5. The van der Waals surface area contributed by atoms with Crippen LogP contribution in [0, 0.1) is 0 Å². The SMILES string of the molecule is CN(C)CC1CN(c2ncc3c(n2)CCN(C(=O)OC(C)(C)C)C3)CCN1c1ncc(C(=O)O)cn1. The normalized spacial score (nSPS) is 18.3. The maximum atomic E-state index is 12.5. The number of hydrogen-bond donors (Lipinski definition) is 1. The molecule has 36 heavy (non-hydrogen) atoms. The van der Waals surface area contributed by atoms with Gasteiger partial charge in [0.2, 0.25) is 11.9 Å². The van der Waals surface area contributed by atoms with Crippen LogP contribution < -0.4 is 9.80 Å². The van der Waals surface area contributed by atoms with Gasteiger partial charge < -0.3 is 29.4 Å². The summed E-state index contributed by atoms with van der Waals surface area (Å²) in [5, 5.41) is 9.14. The molecular formula is C24H34N8O4. The average molecular weight is 499 g/mol. The third-order valence-corrected chi connectivity index (χ3v) is 6.06. The van der Waals surface area contributed by atoms with Crippen LogP contribution in [0.1, 0.15) is 42.4 Å². The van der Waals surface area contributed by atoms with Gasteiger partial charge in [0.1, 0.15) is 5.60 Å². The smallest absolute Gasteiger partial charge is 0.410 e. The second kappa shape index (κ2) is 10.2. The van der Waals surface area contributed by atoms with Crippen molar-refractivity contribution in [2.24, 2.45) is 0 Å². The van der Waals surface area contributed by atoms with Crippen LogP contribution in [-0.4, -0.2) is 105 Å². The number of nitrogens with zero attached hydrogens (tertiary/aromatic N) is 8. The molecule has 2 aromatic rings. The number of carboxylic acid groups (broad SMARTS) is 1. The number of fused-ring (bicyclic) bond motifs is 1. The highest BCUT2D eigenvalue weighted by Crippen LogP contribution is 2.24. The molecule has 4 rings (SSSR count). The first-order valence-electron chi connectivity index (χ1n) is 12.0. The summed E-state index contributed by atoms with van der Waals surface area (Å²) in [6, 6.07) is 0.0618. The second-order valence-electron chi connectivity index (χ2n) is 10.4. The number of anilines is 2. The van der Waals surface area contributed by atoms with Gasteiger partial charge in [-0.1, -0.05) is 0 Å². The summed E-state index contributed by atoms with van der Waals surface area (Å²) < 4.78 is 5.51. The maximum absolute atomic E-state index is 12.5. The zero-order valence-electron chi connectivity index (χ0n) is 21.5. The molecule has 0 spiro atoms. The standard InChI is InChI=1S/C24H34N8O4/c1-24(2,3)36-23(35)31-7-6-19-17(13-31)12-27-22(28-19)30-8-9-32(18(15-30)14-29(4)5)21-25-10-16(11-26-21)20(33)34/h10-12,18H,6-9,13-15H2,1-5H3,(H,33,34). The highest BCUT2D eigenvalue weighted by molar-refractivity contribution is 5.86. The number of amides is 1. The van der Waals surface area contributed by atoms with Gasteiger partial charge >= 0.3 is 12.1 Å². The summed E-state index contributed by atoms with van der Waals surface area (Å²) in [5.41, 5.74) is 1.42. The molecule has 1 N–H and O–H groups in total. The molecule has 4 heterocycles. The largest absolute Gasteiger partial charge is 0.478 e. The van der Waals surface area contributed by atoms with Crippen LogP contribution in [0.25, 0.3) is 0 Å². The van der Waals surface area contributed by atoms with Crippen LogP contribution in [0.4, 0.5) is 16.7 Å². The number of carbonyl (C=O) groups is 2. The molecule has 0 aliphatic carbocycles. The molecule has 2 aromatic heterocycles. The highest BCUT2D eigenvalue weighted by atomic mass is 16.6. The molecule has 2 aliphatic rings. The number of aromatic nitrogens is 4. The number of hydrogen-bond acceptors (Lipinski definition) is 10. The van der Waals surface area contributed by atoms with Gasteiger partial charge in [0.15, 0.2) is 0 Å². The molecule has 0 aromatic carbocycles. The van der Waals surface area contributed by atoms with Crippen LogP contribution in [0.5, 0.6) is 0 Å². The monoisotopic (exact) mass is 498 g/mol. The van der Waals surface area contributed by atoms with E-state index in [0.717, 1.165) is 17.8 Å². The van der Waals surface area contributed by atoms with Crippen LogP contribution >= 0.6 is 0 Å². The molecule has 1 saturated heterocycles. The van der Waals surface area contributed by atoms with Gasteiger partial charge in [-0.05, 0) is 34.9 Å². The van der Waals surface area contributed by atoms with Crippen molar-refractivity contribution < 1.29 is 19.4 Å². The Morgan fingerprint density at radius 3 is 2.42 bits per heavy atom. The van der Waals surface area contributed by atoms with E-state index in [4.69, 9.17) is 14.8 Å². The van der Waals surface area contributed by atoms with Crippen molar-refractivity contribution in [3.05, 3.63) is 35.4 Å². The minimum absolute atomic E-state index is 0.0618. The van der Waals surface area contributed by atoms with E-state index >= 15 is 0 Å². The van der Waals surface area contributed by atoms with E-state index in [0.29, 0.717) is 51.0 Å². The Balaban J connectivity index is 1.47. The van der Waals surface area contributed by atoms with E-state index in [9.17, 15) is 9.59 Å². The molecule has 1 amide bonds.